The Labute approximate surface area is 141 Å². The summed E-state index contributed by atoms with van der Waals surface area (Å²) in [5.41, 5.74) is 0.176. The van der Waals surface area contributed by atoms with Crippen LogP contribution in [0.1, 0.15) is 97.3 Å². The first-order valence-corrected chi connectivity index (χ1v) is 9.23. The Bertz CT molecular complexity index is 372. The SMILES string of the molecule is CCCCCCCCCCCC/C(C(=O)O)=C(\CCC)C(=O)O. The van der Waals surface area contributed by atoms with Gasteiger partial charge in [0.1, 0.15) is 0 Å². The number of carbonyl (C=O) groups is 2. The van der Waals surface area contributed by atoms with E-state index in [1.165, 1.54) is 44.9 Å². The molecule has 0 spiro atoms. The van der Waals surface area contributed by atoms with Gasteiger partial charge in [-0.1, -0.05) is 78.1 Å². The highest BCUT2D eigenvalue weighted by molar-refractivity contribution is 5.98. The number of carboxylic acid groups (broad SMARTS) is 2. The molecule has 0 aliphatic heterocycles. The molecule has 0 heterocycles. The molecule has 0 aromatic heterocycles. The van der Waals surface area contributed by atoms with Crippen LogP contribution in [-0.2, 0) is 9.59 Å². The van der Waals surface area contributed by atoms with Crippen molar-refractivity contribution in [2.24, 2.45) is 0 Å². The maximum atomic E-state index is 11.3. The minimum atomic E-state index is -1.09. The lowest BCUT2D eigenvalue weighted by molar-refractivity contribution is -0.136. The lowest BCUT2D eigenvalue weighted by Gasteiger charge is -2.08. The lowest BCUT2D eigenvalue weighted by atomic mass is 9.97. The lowest BCUT2D eigenvalue weighted by Crippen LogP contribution is -2.11. The molecule has 0 rings (SSSR count). The summed E-state index contributed by atoms with van der Waals surface area (Å²) >= 11 is 0. The molecule has 0 bridgehead atoms. The molecule has 0 saturated carbocycles. The molecule has 4 nitrogen and oxygen atoms in total. The largest absolute Gasteiger partial charge is 0.478 e. The summed E-state index contributed by atoms with van der Waals surface area (Å²) in [4.78, 5) is 22.5. The number of aliphatic carboxylic acids is 2. The predicted molar refractivity (Wildman–Crippen MR) is 93.7 cm³/mol. The summed E-state index contributed by atoms with van der Waals surface area (Å²) in [6.07, 6.45) is 13.2. The Balaban J connectivity index is 4.00. The van der Waals surface area contributed by atoms with Crippen molar-refractivity contribution in [2.45, 2.75) is 97.3 Å². The molecule has 0 aromatic carbocycles. The van der Waals surface area contributed by atoms with Crippen LogP contribution in [0.3, 0.4) is 0 Å². The first-order chi connectivity index (χ1) is 11.0. The first kappa shape index (κ1) is 21.7. The van der Waals surface area contributed by atoms with Crippen LogP contribution in [0.25, 0.3) is 0 Å². The van der Waals surface area contributed by atoms with E-state index in [0.717, 1.165) is 19.3 Å². The molecule has 0 aromatic rings. The van der Waals surface area contributed by atoms with Gasteiger partial charge in [0, 0.05) is 11.1 Å². The van der Waals surface area contributed by atoms with Crippen molar-refractivity contribution in [1.82, 2.24) is 0 Å². The van der Waals surface area contributed by atoms with Crippen molar-refractivity contribution in [1.29, 1.82) is 0 Å². The quantitative estimate of drug-likeness (QED) is 0.305. The summed E-state index contributed by atoms with van der Waals surface area (Å²) < 4.78 is 0. The van der Waals surface area contributed by atoms with Gasteiger partial charge in [0.2, 0.25) is 0 Å². The predicted octanol–water partition coefficient (Wildman–Crippen LogP) is 5.56. The molecule has 2 N–H and O–H groups in total. The van der Waals surface area contributed by atoms with E-state index in [-0.39, 0.29) is 11.1 Å². The van der Waals surface area contributed by atoms with Crippen LogP contribution in [0.4, 0.5) is 0 Å². The van der Waals surface area contributed by atoms with E-state index in [2.05, 4.69) is 6.92 Å². The van der Waals surface area contributed by atoms with Crippen molar-refractivity contribution in [3.63, 3.8) is 0 Å². The third-order valence-electron chi connectivity index (χ3n) is 4.16. The van der Waals surface area contributed by atoms with E-state index in [1.54, 1.807) is 0 Å². The second kappa shape index (κ2) is 14.3. The van der Waals surface area contributed by atoms with Gasteiger partial charge in [0.25, 0.3) is 0 Å². The second-order valence-electron chi connectivity index (χ2n) is 6.25. The van der Waals surface area contributed by atoms with Crippen LogP contribution in [0, 0.1) is 0 Å². The normalized spacial score (nSPS) is 12.1. The molecule has 4 heteroatoms. The molecule has 23 heavy (non-hydrogen) atoms. The number of hydrogen-bond donors (Lipinski definition) is 2. The zero-order chi connectivity index (χ0) is 17.5. The van der Waals surface area contributed by atoms with Gasteiger partial charge in [-0.25, -0.2) is 9.59 Å². The third kappa shape index (κ3) is 10.9. The molecule has 134 valence electrons. The molecule has 0 atom stereocenters. The van der Waals surface area contributed by atoms with Crippen molar-refractivity contribution in [3.8, 4) is 0 Å². The molecular formula is C19H34O4. The summed E-state index contributed by atoms with van der Waals surface area (Å²) in [5, 5.41) is 18.4. The van der Waals surface area contributed by atoms with Gasteiger partial charge in [-0.05, 0) is 19.3 Å². The minimum Gasteiger partial charge on any atom is -0.478 e. The Morgan fingerprint density at radius 2 is 0.957 bits per heavy atom. The van der Waals surface area contributed by atoms with E-state index in [9.17, 15) is 14.7 Å². The molecular weight excluding hydrogens is 292 g/mol. The van der Waals surface area contributed by atoms with Gasteiger partial charge in [-0.15, -0.1) is 0 Å². The molecule has 0 amide bonds. The summed E-state index contributed by atoms with van der Waals surface area (Å²) in [7, 11) is 0. The molecule has 0 aliphatic carbocycles. The number of rotatable bonds is 15. The van der Waals surface area contributed by atoms with E-state index in [0.29, 0.717) is 19.3 Å². The van der Waals surface area contributed by atoms with Crippen molar-refractivity contribution < 1.29 is 19.8 Å². The maximum absolute atomic E-state index is 11.3. The van der Waals surface area contributed by atoms with Crippen LogP contribution in [0.5, 0.6) is 0 Å². The average molecular weight is 326 g/mol. The van der Waals surface area contributed by atoms with Crippen LogP contribution >= 0.6 is 0 Å². The van der Waals surface area contributed by atoms with Crippen molar-refractivity contribution in [2.75, 3.05) is 0 Å². The highest BCUT2D eigenvalue weighted by Gasteiger charge is 2.18. The van der Waals surface area contributed by atoms with Gasteiger partial charge in [0.15, 0.2) is 0 Å². The number of hydrogen-bond acceptors (Lipinski definition) is 2. The van der Waals surface area contributed by atoms with Crippen LogP contribution in [-0.4, -0.2) is 22.2 Å². The van der Waals surface area contributed by atoms with E-state index < -0.39 is 11.9 Å². The van der Waals surface area contributed by atoms with Crippen molar-refractivity contribution in [3.05, 3.63) is 11.1 Å². The summed E-state index contributed by atoms with van der Waals surface area (Å²) in [5.74, 6) is -2.16. The monoisotopic (exact) mass is 326 g/mol. The smallest absolute Gasteiger partial charge is 0.332 e. The van der Waals surface area contributed by atoms with E-state index in [1.807, 2.05) is 6.92 Å². The Kier molecular flexibility index (Phi) is 13.5. The third-order valence-corrected chi connectivity index (χ3v) is 4.16. The van der Waals surface area contributed by atoms with Crippen molar-refractivity contribution >= 4 is 11.9 Å². The summed E-state index contributed by atoms with van der Waals surface area (Å²) in [6, 6.07) is 0. The number of unbranched alkanes of at least 4 members (excludes halogenated alkanes) is 9. The fourth-order valence-electron chi connectivity index (χ4n) is 2.81. The van der Waals surface area contributed by atoms with Crippen LogP contribution in [0.15, 0.2) is 11.1 Å². The Morgan fingerprint density at radius 1 is 0.565 bits per heavy atom. The summed E-state index contributed by atoms with van der Waals surface area (Å²) in [6.45, 7) is 4.08. The molecule has 0 fully saturated rings. The fourth-order valence-corrected chi connectivity index (χ4v) is 2.81. The highest BCUT2D eigenvalue weighted by atomic mass is 16.4. The Hall–Kier alpha value is -1.32. The van der Waals surface area contributed by atoms with Gasteiger partial charge in [-0.3, -0.25) is 0 Å². The van der Waals surface area contributed by atoms with Gasteiger partial charge in [-0.2, -0.15) is 0 Å². The molecule has 0 saturated heterocycles. The Morgan fingerprint density at radius 3 is 1.35 bits per heavy atom. The second-order valence-corrected chi connectivity index (χ2v) is 6.25. The zero-order valence-corrected chi connectivity index (χ0v) is 14.9. The fraction of sp³-hybridized carbons (Fsp3) is 0.789. The molecule has 0 aliphatic rings. The van der Waals surface area contributed by atoms with Crippen LogP contribution < -0.4 is 0 Å². The zero-order valence-electron chi connectivity index (χ0n) is 14.9. The number of carboxylic acids is 2. The average Bonchev–Trinajstić information content (AvgIpc) is 2.50. The highest BCUT2D eigenvalue weighted by Crippen LogP contribution is 2.19. The first-order valence-electron chi connectivity index (χ1n) is 9.23. The van der Waals surface area contributed by atoms with Gasteiger partial charge >= 0.3 is 11.9 Å². The topological polar surface area (TPSA) is 74.6 Å². The van der Waals surface area contributed by atoms with Gasteiger partial charge in [0.05, 0.1) is 0 Å². The molecule has 0 radical (unpaired) electrons. The maximum Gasteiger partial charge on any atom is 0.332 e. The standard InChI is InChI=1S/C19H34O4/c1-3-5-6-7-8-9-10-11-12-13-15-17(19(22)23)16(14-4-2)18(20)21/h3-15H2,1-2H3,(H,20,21)(H,22,23)/b17-16-. The van der Waals surface area contributed by atoms with Gasteiger partial charge < -0.3 is 10.2 Å². The minimum absolute atomic E-state index is 0.0796. The van der Waals surface area contributed by atoms with E-state index >= 15 is 0 Å². The van der Waals surface area contributed by atoms with Crippen LogP contribution in [0.2, 0.25) is 0 Å². The molecule has 0 unspecified atom stereocenters. The van der Waals surface area contributed by atoms with E-state index in [4.69, 9.17) is 5.11 Å².